The molecule has 22 heavy (non-hydrogen) atoms. The van der Waals surface area contributed by atoms with Gasteiger partial charge in [0.05, 0.1) is 5.92 Å². The van der Waals surface area contributed by atoms with E-state index in [4.69, 9.17) is 0 Å². The van der Waals surface area contributed by atoms with E-state index in [1.54, 1.807) is 0 Å². The average Bonchev–Trinajstić information content (AvgIpc) is 2.37. The lowest BCUT2D eigenvalue weighted by atomic mass is 9.77. The molecule has 1 saturated carbocycles. The molecule has 1 aliphatic rings. The predicted octanol–water partition coefficient (Wildman–Crippen LogP) is 4.68. The molecule has 0 saturated heterocycles. The Bertz CT molecular complexity index is 532. The van der Waals surface area contributed by atoms with Crippen molar-refractivity contribution in [1.29, 1.82) is 0 Å². The maximum Gasteiger partial charge on any atom is 0.147 e. The molecule has 0 heterocycles. The van der Waals surface area contributed by atoms with Gasteiger partial charge in [-0.2, -0.15) is 0 Å². The van der Waals surface area contributed by atoms with Crippen LogP contribution in [0, 0.1) is 32.6 Å². The Labute approximate surface area is 134 Å². The molecule has 0 aliphatic heterocycles. The number of carbonyl (C=O) groups excluding carboxylic acids is 2. The third-order valence-corrected chi connectivity index (χ3v) is 5.04. The monoisotopic (exact) mass is 300 g/mol. The van der Waals surface area contributed by atoms with Crippen molar-refractivity contribution in [3.8, 4) is 0 Å². The summed E-state index contributed by atoms with van der Waals surface area (Å²) in [7, 11) is 0. The summed E-state index contributed by atoms with van der Waals surface area (Å²) in [5.41, 5.74) is 4.19. The summed E-state index contributed by atoms with van der Waals surface area (Å²) in [6, 6.07) is 4.12. The molecule has 120 valence electrons. The molecular formula is C20H28O2. The van der Waals surface area contributed by atoms with Crippen LogP contribution < -0.4 is 0 Å². The quantitative estimate of drug-likeness (QED) is 0.541. The highest BCUT2D eigenvalue weighted by Gasteiger charge is 2.27. The van der Waals surface area contributed by atoms with Crippen molar-refractivity contribution in [2.75, 3.05) is 0 Å². The highest BCUT2D eigenvalue weighted by Crippen LogP contribution is 2.34. The van der Waals surface area contributed by atoms with E-state index in [0.717, 1.165) is 35.3 Å². The van der Waals surface area contributed by atoms with Gasteiger partial charge in [-0.25, -0.2) is 0 Å². The predicted molar refractivity (Wildman–Crippen MR) is 90.2 cm³/mol. The molecule has 0 bridgehead atoms. The zero-order valence-corrected chi connectivity index (χ0v) is 14.3. The number of rotatable bonds is 7. The van der Waals surface area contributed by atoms with E-state index in [1.165, 1.54) is 24.8 Å². The summed E-state index contributed by atoms with van der Waals surface area (Å²) in [6.45, 7) is 8.18. The second-order valence-corrected chi connectivity index (χ2v) is 7.23. The minimum absolute atomic E-state index is 0.0804. The lowest BCUT2D eigenvalue weighted by Gasteiger charge is -2.28. The van der Waals surface area contributed by atoms with Gasteiger partial charge in [0, 0.05) is 6.42 Å². The van der Waals surface area contributed by atoms with E-state index >= 15 is 0 Å². The first-order valence-corrected chi connectivity index (χ1v) is 8.48. The Hall–Kier alpha value is -1.44. The molecule has 0 amide bonds. The van der Waals surface area contributed by atoms with Crippen LogP contribution in [0.4, 0.5) is 0 Å². The zero-order valence-electron chi connectivity index (χ0n) is 14.3. The van der Waals surface area contributed by atoms with Crippen LogP contribution in [0.2, 0.25) is 0 Å². The first-order chi connectivity index (χ1) is 10.4. The van der Waals surface area contributed by atoms with Crippen LogP contribution in [-0.2, 0) is 9.59 Å². The van der Waals surface area contributed by atoms with Crippen LogP contribution in [-0.4, -0.2) is 12.1 Å². The molecule has 1 aliphatic carbocycles. The number of hydrogen-bond acceptors (Lipinski definition) is 2. The topological polar surface area (TPSA) is 34.1 Å². The van der Waals surface area contributed by atoms with Gasteiger partial charge < -0.3 is 4.79 Å². The van der Waals surface area contributed by atoms with Crippen molar-refractivity contribution in [3.63, 3.8) is 0 Å². The highest BCUT2D eigenvalue weighted by molar-refractivity contribution is 5.99. The Morgan fingerprint density at radius 3 is 2.27 bits per heavy atom. The second kappa shape index (κ2) is 7.21. The Morgan fingerprint density at radius 2 is 1.82 bits per heavy atom. The number of aryl methyl sites for hydroxylation is 3. The number of ketones is 1. The minimum atomic E-state index is -0.593. The smallest absolute Gasteiger partial charge is 0.147 e. The Kier molecular flexibility index (Phi) is 5.55. The van der Waals surface area contributed by atoms with E-state index in [-0.39, 0.29) is 5.78 Å². The molecule has 1 aromatic rings. The largest absolute Gasteiger partial charge is 0.302 e. The molecule has 2 atom stereocenters. The first kappa shape index (κ1) is 16.9. The SMILES string of the molecule is Cc1cc(C)c(C(C=O)C(=O)CC(C)CC2CCC2)c(C)c1. The molecule has 0 radical (unpaired) electrons. The number of Topliss-reactive ketones (excluding diaryl/α,β-unsaturated/α-hetero) is 1. The van der Waals surface area contributed by atoms with Crippen molar-refractivity contribution in [3.05, 3.63) is 34.4 Å². The van der Waals surface area contributed by atoms with Crippen LogP contribution in [0.3, 0.4) is 0 Å². The normalized spacial score (nSPS) is 17.6. The fourth-order valence-electron chi connectivity index (χ4n) is 3.84. The summed E-state index contributed by atoms with van der Waals surface area (Å²) in [5.74, 6) is 0.674. The van der Waals surface area contributed by atoms with Crippen molar-refractivity contribution in [2.45, 2.75) is 65.7 Å². The maximum absolute atomic E-state index is 12.6. The molecule has 0 aromatic heterocycles. The summed E-state index contributed by atoms with van der Waals surface area (Å²) in [6.07, 6.45) is 6.45. The van der Waals surface area contributed by atoms with E-state index in [9.17, 15) is 9.59 Å². The molecule has 0 N–H and O–H groups in total. The molecule has 2 heteroatoms. The van der Waals surface area contributed by atoms with Crippen LogP contribution in [0.15, 0.2) is 12.1 Å². The molecule has 0 spiro atoms. The minimum Gasteiger partial charge on any atom is -0.302 e. The van der Waals surface area contributed by atoms with Gasteiger partial charge in [0.15, 0.2) is 0 Å². The summed E-state index contributed by atoms with van der Waals surface area (Å²) in [4.78, 5) is 24.2. The summed E-state index contributed by atoms with van der Waals surface area (Å²) >= 11 is 0. The van der Waals surface area contributed by atoms with Gasteiger partial charge in [0.2, 0.25) is 0 Å². The summed E-state index contributed by atoms with van der Waals surface area (Å²) in [5, 5.41) is 0. The molecular weight excluding hydrogens is 272 g/mol. The maximum atomic E-state index is 12.6. The lowest BCUT2D eigenvalue weighted by molar-refractivity contribution is -0.125. The Morgan fingerprint density at radius 1 is 1.23 bits per heavy atom. The van der Waals surface area contributed by atoms with Gasteiger partial charge in [-0.3, -0.25) is 4.79 Å². The molecule has 2 nitrogen and oxygen atoms in total. The van der Waals surface area contributed by atoms with Crippen molar-refractivity contribution < 1.29 is 9.59 Å². The van der Waals surface area contributed by atoms with E-state index < -0.39 is 5.92 Å². The lowest BCUT2D eigenvalue weighted by Crippen LogP contribution is -2.21. The third kappa shape index (κ3) is 3.85. The molecule has 1 aromatic carbocycles. The van der Waals surface area contributed by atoms with Crippen LogP contribution >= 0.6 is 0 Å². The van der Waals surface area contributed by atoms with Gasteiger partial charge in [-0.15, -0.1) is 0 Å². The first-order valence-electron chi connectivity index (χ1n) is 8.48. The van der Waals surface area contributed by atoms with Gasteiger partial charge >= 0.3 is 0 Å². The fourth-order valence-corrected chi connectivity index (χ4v) is 3.84. The van der Waals surface area contributed by atoms with Crippen molar-refractivity contribution >= 4 is 12.1 Å². The van der Waals surface area contributed by atoms with Gasteiger partial charge in [-0.05, 0) is 55.7 Å². The van der Waals surface area contributed by atoms with Crippen molar-refractivity contribution in [2.24, 2.45) is 11.8 Å². The average molecular weight is 300 g/mol. The second-order valence-electron chi connectivity index (χ2n) is 7.23. The third-order valence-electron chi connectivity index (χ3n) is 5.04. The van der Waals surface area contributed by atoms with E-state index in [2.05, 4.69) is 19.1 Å². The number of hydrogen-bond donors (Lipinski definition) is 0. The van der Waals surface area contributed by atoms with Crippen LogP contribution in [0.1, 0.15) is 67.2 Å². The van der Waals surface area contributed by atoms with E-state index in [0.29, 0.717) is 12.3 Å². The molecule has 2 unspecified atom stereocenters. The van der Waals surface area contributed by atoms with Gasteiger partial charge in [0.1, 0.15) is 12.1 Å². The number of benzene rings is 1. The fraction of sp³-hybridized carbons (Fsp3) is 0.600. The number of aldehydes is 1. The Balaban J connectivity index is 2.10. The standard InChI is InChI=1S/C20H28O2/c1-13-8-15(3)20(16(4)9-13)18(12-21)19(22)11-14(2)10-17-6-5-7-17/h8-9,12,14,17-18H,5-7,10-11H2,1-4H3. The highest BCUT2D eigenvalue weighted by atomic mass is 16.1. The van der Waals surface area contributed by atoms with E-state index in [1.807, 2.05) is 20.8 Å². The van der Waals surface area contributed by atoms with Gasteiger partial charge in [-0.1, -0.05) is 43.9 Å². The molecule has 1 fully saturated rings. The summed E-state index contributed by atoms with van der Waals surface area (Å²) < 4.78 is 0. The number of carbonyl (C=O) groups is 2. The van der Waals surface area contributed by atoms with Crippen LogP contribution in [0.5, 0.6) is 0 Å². The van der Waals surface area contributed by atoms with Gasteiger partial charge in [0.25, 0.3) is 0 Å². The zero-order chi connectivity index (χ0) is 16.3. The van der Waals surface area contributed by atoms with Crippen molar-refractivity contribution in [1.82, 2.24) is 0 Å². The van der Waals surface area contributed by atoms with Crippen LogP contribution in [0.25, 0.3) is 0 Å². The molecule has 2 rings (SSSR count).